The van der Waals surface area contributed by atoms with Crippen LogP contribution in [-0.4, -0.2) is 0 Å². The summed E-state index contributed by atoms with van der Waals surface area (Å²) >= 11 is 0. The van der Waals surface area contributed by atoms with Gasteiger partial charge in [0.25, 0.3) is 0 Å². The molecule has 0 radical (unpaired) electrons. The number of nitrogens with two attached hydrogens (primary N) is 1. The maximum Gasteiger partial charge on any atom is 0.0387 e. The quantitative estimate of drug-likeness (QED) is 0.605. The Morgan fingerprint density at radius 2 is 1.47 bits per heavy atom. The van der Waals surface area contributed by atoms with Crippen LogP contribution < -0.4 is 5.73 Å². The second-order valence-electron chi connectivity index (χ2n) is 5.83. The molecule has 0 saturated heterocycles. The lowest BCUT2D eigenvalue weighted by molar-refractivity contribution is 0.590. The van der Waals surface area contributed by atoms with Crippen LogP contribution >= 0.6 is 0 Å². The molecular weight excluding hydrogens is 230 g/mol. The van der Waals surface area contributed by atoms with E-state index in [2.05, 4.69) is 57.2 Å². The van der Waals surface area contributed by atoms with Crippen LogP contribution in [0.25, 0.3) is 12.2 Å². The molecule has 0 fully saturated rings. The van der Waals surface area contributed by atoms with Crippen molar-refractivity contribution in [2.45, 2.75) is 26.2 Å². The van der Waals surface area contributed by atoms with Crippen LogP contribution in [0.2, 0.25) is 0 Å². The molecule has 2 aromatic rings. The molecule has 0 unspecified atom stereocenters. The average Bonchev–Trinajstić information content (AvgIpc) is 2.37. The lowest BCUT2D eigenvalue weighted by atomic mass is 9.87. The van der Waals surface area contributed by atoms with Gasteiger partial charge in [0.1, 0.15) is 0 Å². The smallest absolute Gasteiger partial charge is 0.0387 e. The van der Waals surface area contributed by atoms with Crippen LogP contribution in [0, 0.1) is 0 Å². The minimum atomic E-state index is 0.200. The van der Waals surface area contributed by atoms with Gasteiger partial charge in [-0.05, 0) is 28.2 Å². The van der Waals surface area contributed by atoms with Crippen molar-refractivity contribution in [3.05, 3.63) is 65.2 Å². The second kappa shape index (κ2) is 5.31. The topological polar surface area (TPSA) is 26.0 Å². The van der Waals surface area contributed by atoms with E-state index in [1.807, 2.05) is 24.3 Å². The van der Waals surface area contributed by atoms with Crippen molar-refractivity contribution in [3.63, 3.8) is 0 Å². The summed E-state index contributed by atoms with van der Waals surface area (Å²) in [6.07, 6.45) is 4.15. The van der Waals surface area contributed by atoms with Gasteiger partial charge in [0.2, 0.25) is 0 Å². The summed E-state index contributed by atoms with van der Waals surface area (Å²) in [5.74, 6) is 0. The Bertz CT molecular complexity index is 571. The van der Waals surface area contributed by atoms with Crippen molar-refractivity contribution in [1.29, 1.82) is 0 Å². The number of hydrogen-bond donors (Lipinski definition) is 1. The monoisotopic (exact) mass is 251 g/mol. The molecular formula is C18H21N. The minimum absolute atomic E-state index is 0.200. The lowest BCUT2D eigenvalue weighted by Gasteiger charge is -2.18. The van der Waals surface area contributed by atoms with E-state index in [1.54, 1.807) is 0 Å². The maximum atomic E-state index is 5.91. The van der Waals surface area contributed by atoms with Gasteiger partial charge >= 0.3 is 0 Å². The van der Waals surface area contributed by atoms with E-state index >= 15 is 0 Å². The molecule has 0 aliphatic heterocycles. The molecule has 2 rings (SSSR count). The summed E-state index contributed by atoms with van der Waals surface area (Å²) in [4.78, 5) is 0. The van der Waals surface area contributed by atoms with E-state index < -0.39 is 0 Å². The molecule has 0 spiro atoms. The van der Waals surface area contributed by atoms with Gasteiger partial charge in [-0.3, -0.25) is 0 Å². The third kappa shape index (κ3) is 3.47. The van der Waals surface area contributed by atoms with Crippen LogP contribution in [0.4, 0.5) is 5.69 Å². The molecule has 2 aromatic carbocycles. The molecule has 0 aliphatic rings. The molecule has 0 saturated carbocycles. The number of hydrogen-bond acceptors (Lipinski definition) is 1. The molecule has 98 valence electrons. The van der Waals surface area contributed by atoms with Crippen molar-refractivity contribution in [1.82, 2.24) is 0 Å². The zero-order valence-corrected chi connectivity index (χ0v) is 11.9. The van der Waals surface area contributed by atoms with Crippen LogP contribution in [0.1, 0.15) is 37.5 Å². The van der Waals surface area contributed by atoms with Crippen molar-refractivity contribution in [2.75, 3.05) is 5.73 Å². The number of rotatable bonds is 2. The number of nitrogen functional groups attached to an aromatic ring is 1. The Balaban J connectivity index is 2.19. The van der Waals surface area contributed by atoms with E-state index in [1.165, 1.54) is 11.1 Å². The van der Waals surface area contributed by atoms with Gasteiger partial charge in [0.05, 0.1) is 0 Å². The Hall–Kier alpha value is -2.02. The Morgan fingerprint density at radius 3 is 2.05 bits per heavy atom. The number of para-hydroxylation sites is 1. The fraction of sp³-hybridized carbons (Fsp3) is 0.222. The molecule has 0 bridgehead atoms. The summed E-state index contributed by atoms with van der Waals surface area (Å²) in [6, 6.07) is 16.6. The van der Waals surface area contributed by atoms with Crippen molar-refractivity contribution in [3.8, 4) is 0 Å². The fourth-order valence-corrected chi connectivity index (χ4v) is 1.94. The Labute approximate surface area is 115 Å². The second-order valence-corrected chi connectivity index (χ2v) is 5.83. The van der Waals surface area contributed by atoms with Crippen molar-refractivity contribution >= 4 is 17.8 Å². The van der Waals surface area contributed by atoms with Crippen molar-refractivity contribution < 1.29 is 0 Å². The third-order valence-electron chi connectivity index (χ3n) is 3.23. The first-order valence-electron chi connectivity index (χ1n) is 6.60. The molecule has 0 heterocycles. The third-order valence-corrected chi connectivity index (χ3v) is 3.23. The number of anilines is 1. The van der Waals surface area contributed by atoms with E-state index in [-0.39, 0.29) is 5.41 Å². The Morgan fingerprint density at radius 1 is 0.842 bits per heavy atom. The normalized spacial score (nSPS) is 11.9. The SMILES string of the molecule is CC(C)(C)c1ccc(C=Cc2ccccc2N)cc1. The summed E-state index contributed by atoms with van der Waals surface area (Å²) in [5.41, 5.74) is 10.5. The molecule has 0 atom stereocenters. The molecule has 2 N–H and O–H groups in total. The summed E-state index contributed by atoms with van der Waals surface area (Å²) in [7, 11) is 0. The maximum absolute atomic E-state index is 5.91. The van der Waals surface area contributed by atoms with Crippen LogP contribution in [0.15, 0.2) is 48.5 Å². The highest BCUT2D eigenvalue weighted by Gasteiger charge is 2.12. The van der Waals surface area contributed by atoms with E-state index in [0.29, 0.717) is 0 Å². The first kappa shape index (κ1) is 13.4. The molecule has 0 aliphatic carbocycles. The summed E-state index contributed by atoms with van der Waals surface area (Å²) < 4.78 is 0. The summed E-state index contributed by atoms with van der Waals surface area (Å²) in [5, 5.41) is 0. The van der Waals surface area contributed by atoms with Gasteiger partial charge in [-0.1, -0.05) is 75.4 Å². The van der Waals surface area contributed by atoms with Gasteiger partial charge < -0.3 is 5.73 Å². The molecule has 1 nitrogen and oxygen atoms in total. The van der Waals surface area contributed by atoms with Crippen LogP contribution in [0.3, 0.4) is 0 Å². The van der Waals surface area contributed by atoms with Gasteiger partial charge in [-0.25, -0.2) is 0 Å². The van der Waals surface area contributed by atoms with E-state index in [0.717, 1.165) is 11.3 Å². The van der Waals surface area contributed by atoms with Gasteiger partial charge in [-0.15, -0.1) is 0 Å². The highest BCUT2D eigenvalue weighted by atomic mass is 14.5. The van der Waals surface area contributed by atoms with Crippen LogP contribution in [-0.2, 0) is 5.41 Å². The predicted octanol–water partition coefficient (Wildman–Crippen LogP) is 4.74. The number of benzene rings is 2. The largest absolute Gasteiger partial charge is 0.398 e. The van der Waals surface area contributed by atoms with E-state index in [9.17, 15) is 0 Å². The van der Waals surface area contributed by atoms with E-state index in [4.69, 9.17) is 5.73 Å². The average molecular weight is 251 g/mol. The van der Waals surface area contributed by atoms with Crippen LogP contribution in [0.5, 0.6) is 0 Å². The first-order chi connectivity index (χ1) is 8.97. The highest BCUT2D eigenvalue weighted by molar-refractivity contribution is 5.75. The Kier molecular flexibility index (Phi) is 3.75. The molecule has 19 heavy (non-hydrogen) atoms. The first-order valence-corrected chi connectivity index (χ1v) is 6.60. The standard InChI is InChI=1S/C18H21N/c1-18(2,3)16-12-9-14(10-13-16)8-11-15-6-4-5-7-17(15)19/h4-13H,19H2,1-3H3. The van der Waals surface area contributed by atoms with Gasteiger partial charge in [0.15, 0.2) is 0 Å². The lowest BCUT2D eigenvalue weighted by Crippen LogP contribution is -2.10. The predicted molar refractivity (Wildman–Crippen MR) is 84.9 cm³/mol. The van der Waals surface area contributed by atoms with Gasteiger partial charge in [-0.2, -0.15) is 0 Å². The van der Waals surface area contributed by atoms with Crippen molar-refractivity contribution in [2.24, 2.45) is 0 Å². The highest BCUT2D eigenvalue weighted by Crippen LogP contribution is 2.23. The molecule has 0 amide bonds. The minimum Gasteiger partial charge on any atom is -0.398 e. The zero-order valence-electron chi connectivity index (χ0n) is 11.9. The summed E-state index contributed by atoms with van der Waals surface area (Å²) in [6.45, 7) is 6.67. The zero-order chi connectivity index (χ0) is 13.9. The van der Waals surface area contributed by atoms with Gasteiger partial charge in [0, 0.05) is 5.69 Å². The molecule has 0 aromatic heterocycles. The molecule has 1 heteroatoms. The fourth-order valence-electron chi connectivity index (χ4n) is 1.94.